The number of rotatable bonds is 5. The third kappa shape index (κ3) is 6.05. The van der Waals surface area contributed by atoms with E-state index < -0.39 is 12.1 Å². The number of benzene rings is 2. The van der Waals surface area contributed by atoms with Crippen LogP contribution in [0.2, 0.25) is 0 Å². The third-order valence-electron chi connectivity index (χ3n) is 5.35. The van der Waals surface area contributed by atoms with Gasteiger partial charge < -0.3 is 19.9 Å². The maximum absolute atomic E-state index is 10.6. The summed E-state index contributed by atoms with van der Waals surface area (Å²) in [5, 5.41) is 10.8. The Balaban J connectivity index is 0.000000406. The fourth-order valence-corrected chi connectivity index (χ4v) is 3.80. The first-order chi connectivity index (χ1) is 16.1. The number of hydrogen-bond acceptors (Lipinski definition) is 5. The summed E-state index contributed by atoms with van der Waals surface area (Å²) in [4.78, 5) is 13.0. The Morgan fingerprint density at radius 2 is 1.74 bits per heavy atom. The van der Waals surface area contributed by atoms with Gasteiger partial charge in [-0.1, -0.05) is 18.2 Å². The normalized spacial score (nSPS) is 13.1. The number of halogens is 3. The molecule has 4 rings (SSSR count). The van der Waals surface area contributed by atoms with Crippen LogP contribution in [-0.4, -0.2) is 29.0 Å². The molecule has 0 saturated carbocycles. The minimum atomic E-state index is -5.08. The molecule has 0 amide bonds. The molecule has 0 spiro atoms. The van der Waals surface area contributed by atoms with Crippen LogP contribution in [0.25, 0.3) is 11.1 Å². The second-order valence-electron chi connectivity index (χ2n) is 7.82. The van der Waals surface area contributed by atoms with E-state index in [2.05, 4.69) is 61.4 Å². The maximum atomic E-state index is 10.6. The molecule has 0 fully saturated rings. The molecule has 3 aromatic rings. The molecule has 2 aromatic carbocycles. The van der Waals surface area contributed by atoms with E-state index in [1.165, 1.54) is 22.3 Å². The van der Waals surface area contributed by atoms with E-state index in [4.69, 9.17) is 19.4 Å². The van der Waals surface area contributed by atoms with E-state index in [1.54, 1.807) is 12.4 Å². The van der Waals surface area contributed by atoms with Crippen LogP contribution < -0.4 is 14.8 Å². The van der Waals surface area contributed by atoms with Crippen molar-refractivity contribution in [2.75, 3.05) is 6.79 Å². The van der Waals surface area contributed by atoms with Crippen LogP contribution in [0.3, 0.4) is 0 Å². The first-order valence-corrected chi connectivity index (χ1v) is 10.5. The zero-order valence-corrected chi connectivity index (χ0v) is 18.9. The topological polar surface area (TPSA) is 80.7 Å². The predicted molar refractivity (Wildman–Crippen MR) is 121 cm³/mol. The van der Waals surface area contributed by atoms with Gasteiger partial charge in [-0.25, -0.2) is 4.79 Å². The smallest absolute Gasteiger partial charge is 0.475 e. The molecule has 1 aliphatic rings. The number of aryl methyl sites for hydroxylation is 2. The number of aromatic nitrogens is 1. The van der Waals surface area contributed by atoms with Crippen molar-refractivity contribution in [3.05, 3.63) is 77.1 Å². The van der Waals surface area contributed by atoms with Gasteiger partial charge in [-0.2, -0.15) is 13.2 Å². The average molecular weight is 474 g/mol. The standard InChI is InChI=1S/C23H24N2O2.C2HF3O2/c1-15-5-4-6-16(2)22(15)17(3)25-13-18-11-20(19-7-9-24-10-8-19)23-21(12-18)26-14-27-23;3-2(4,5)1(6)7/h4-12,17,25H,13-14H2,1-3H3;(H,6,7). The van der Waals surface area contributed by atoms with Crippen LogP contribution in [0.15, 0.2) is 54.9 Å². The molecule has 0 radical (unpaired) electrons. The number of ether oxygens (including phenoxy) is 2. The lowest BCUT2D eigenvalue weighted by Gasteiger charge is -2.19. The summed E-state index contributed by atoms with van der Waals surface area (Å²) in [6.45, 7) is 7.57. The van der Waals surface area contributed by atoms with Crippen molar-refractivity contribution < 1.29 is 32.5 Å². The highest BCUT2D eigenvalue weighted by molar-refractivity contribution is 5.75. The molecule has 2 N–H and O–H groups in total. The van der Waals surface area contributed by atoms with E-state index in [9.17, 15) is 13.2 Å². The highest BCUT2D eigenvalue weighted by atomic mass is 19.4. The van der Waals surface area contributed by atoms with Gasteiger partial charge in [-0.05, 0) is 72.9 Å². The fourth-order valence-electron chi connectivity index (χ4n) is 3.80. The van der Waals surface area contributed by atoms with Crippen LogP contribution in [0.5, 0.6) is 11.5 Å². The first kappa shape index (κ1) is 25.0. The fraction of sp³-hybridized carbons (Fsp3) is 0.280. The van der Waals surface area contributed by atoms with Crippen LogP contribution in [0.1, 0.15) is 35.2 Å². The van der Waals surface area contributed by atoms with E-state index >= 15 is 0 Å². The van der Waals surface area contributed by atoms with Crippen molar-refractivity contribution in [1.82, 2.24) is 10.3 Å². The summed E-state index contributed by atoms with van der Waals surface area (Å²) in [7, 11) is 0. The van der Waals surface area contributed by atoms with E-state index in [1.807, 2.05) is 12.1 Å². The second-order valence-corrected chi connectivity index (χ2v) is 7.82. The number of pyridine rings is 1. The molecule has 180 valence electrons. The molecule has 2 heterocycles. The van der Waals surface area contributed by atoms with E-state index in [0.717, 1.165) is 29.2 Å². The average Bonchev–Trinajstić information content (AvgIpc) is 3.26. The van der Waals surface area contributed by atoms with Gasteiger partial charge in [0.2, 0.25) is 6.79 Å². The zero-order chi connectivity index (χ0) is 24.9. The molecule has 1 aromatic heterocycles. The first-order valence-electron chi connectivity index (χ1n) is 10.5. The van der Waals surface area contributed by atoms with Crippen molar-refractivity contribution in [1.29, 1.82) is 0 Å². The Hall–Kier alpha value is -3.59. The molecule has 0 saturated heterocycles. The van der Waals surface area contributed by atoms with E-state index in [-0.39, 0.29) is 12.8 Å². The lowest BCUT2D eigenvalue weighted by Crippen LogP contribution is -2.21. The zero-order valence-electron chi connectivity index (χ0n) is 18.9. The monoisotopic (exact) mass is 474 g/mol. The highest BCUT2D eigenvalue weighted by Gasteiger charge is 2.38. The summed E-state index contributed by atoms with van der Waals surface area (Å²) in [6, 6.07) is 14.9. The maximum Gasteiger partial charge on any atom is 0.490 e. The highest BCUT2D eigenvalue weighted by Crippen LogP contribution is 2.42. The molecule has 6 nitrogen and oxygen atoms in total. The van der Waals surface area contributed by atoms with Crippen molar-refractivity contribution in [3.63, 3.8) is 0 Å². The van der Waals surface area contributed by atoms with Gasteiger partial charge >= 0.3 is 12.1 Å². The molecule has 0 bridgehead atoms. The number of carbonyl (C=O) groups is 1. The number of alkyl halides is 3. The Labute approximate surface area is 195 Å². The van der Waals surface area contributed by atoms with Crippen molar-refractivity contribution in [2.24, 2.45) is 0 Å². The molecular weight excluding hydrogens is 449 g/mol. The number of carboxylic acid groups (broad SMARTS) is 1. The van der Waals surface area contributed by atoms with Crippen LogP contribution in [-0.2, 0) is 11.3 Å². The molecule has 1 aliphatic heterocycles. The SMILES string of the molecule is Cc1cccc(C)c1C(C)NCc1cc2c(c(-c3ccncc3)c1)OCO2.O=C(O)C(F)(F)F. The summed E-state index contributed by atoms with van der Waals surface area (Å²) in [5.41, 5.74) is 7.30. The van der Waals surface area contributed by atoms with Crippen molar-refractivity contribution >= 4 is 5.97 Å². The van der Waals surface area contributed by atoms with Crippen LogP contribution in [0, 0.1) is 13.8 Å². The van der Waals surface area contributed by atoms with Crippen molar-refractivity contribution in [3.8, 4) is 22.6 Å². The third-order valence-corrected chi connectivity index (χ3v) is 5.35. The quantitative estimate of drug-likeness (QED) is 0.503. The number of hydrogen-bond donors (Lipinski definition) is 2. The lowest BCUT2D eigenvalue weighted by molar-refractivity contribution is -0.192. The molecule has 9 heteroatoms. The van der Waals surface area contributed by atoms with Gasteiger partial charge in [0.1, 0.15) is 0 Å². The van der Waals surface area contributed by atoms with Crippen molar-refractivity contribution in [2.45, 2.75) is 39.5 Å². The number of fused-ring (bicyclic) bond motifs is 1. The lowest BCUT2D eigenvalue weighted by atomic mass is 9.96. The van der Waals surface area contributed by atoms with Crippen LogP contribution in [0.4, 0.5) is 13.2 Å². The number of nitrogens with zero attached hydrogens (tertiary/aromatic N) is 1. The minimum absolute atomic E-state index is 0.265. The Kier molecular flexibility index (Phi) is 7.78. The predicted octanol–water partition coefficient (Wildman–Crippen LogP) is 5.58. The van der Waals surface area contributed by atoms with Gasteiger partial charge in [0.15, 0.2) is 11.5 Å². The van der Waals surface area contributed by atoms with Crippen LogP contribution >= 0.6 is 0 Å². The summed E-state index contributed by atoms with van der Waals surface area (Å²) >= 11 is 0. The summed E-state index contributed by atoms with van der Waals surface area (Å²) < 4.78 is 43.1. The molecule has 1 unspecified atom stereocenters. The number of nitrogens with one attached hydrogen (secondary N) is 1. The van der Waals surface area contributed by atoms with Gasteiger partial charge in [0.05, 0.1) is 0 Å². The summed E-state index contributed by atoms with van der Waals surface area (Å²) in [5.74, 6) is -1.14. The van der Waals surface area contributed by atoms with E-state index in [0.29, 0.717) is 0 Å². The van der Waals surface area contributed by atoms with Gasteiger partial charge in [0, 0.05) is 30.5 Å². The summed E-state index contributed by atoms with van der Waals surface area (Å²) in [6.07, 6.45) is -1.49. The van der Waals surface area contributed by atoms with Gasteiger partial charge in [-0.3, -0.25) is 4.98 Å². The Morgan fingerprint density at radius 1 is 1.12 bits per heavy atom. The molecule has 1 atom stereocenters. The number of aliphatic carboxylic acids is 1. The Bertz CT molecular complexity index is 1130. The second kappa shape index (κ2) is 10.6. The number of carboxylic acids is 1. The van der Waals surface area contributed by atoms with Gasteiger partial charge in [-0.15, -0.1) is 0 Å². The van der Waals surface area contributed by atoms with Gasteiger partial charge in [0.25, 0.3) is 0 Å². The Morgan fingerprint density at radius 3 is 2.32 bits per heavy atom. The molecule has 34 heavy (non-hydrogen) atoms. The minimum Gasteiger partial charge on any atom is -0.475 e. The largest absolute Gasteiger partial charge is 0.490 e. The molecule has 0 aliphatic carbocycles. The molecular formula is C25H25F3N2O4.